The third-order valence-corrected chi connectivity index (χ3v) is 4.51. The maximum absolute atomic E-state index is 3.79. The van der Waals surface area contributed by atoms with Gasteiger partial charge in [-0.15, -0.1) is 0 Å². The Morgan fingerprint density at radius 1 is 1.12 bits per heavy atom. The predicted octanol–water partition coefficient (Wildman–Crippen LogP) is 4.08. The van der Waals surface area contributed by atoms with Crippen molar-refractivity contribution >= 4 is 0 Å². The van der Waals surface area contributed by atoms with E-state index in [0.717, 1.165) is 11.8 Å². The maximum Gasteiger partial charge on any atom is 0.0294 e. The lowest BCUT2D eigenvalue weighted by atomic mass is 9.96. The van der Waals surface area contributed by atoms with Gasteiger partial charge in [0.1, 0.15) is 0 Å². The molecule has 1 aromatic rings. The molecule has 4 atom stereocenters. The first-order chi connectivity index (χ1) is 8.08. The molecule has 4 unspecified atom stereocenters. The molecule has 94 valence electrons. The van der Waals surface area contributed by atoms with Crippen LogP contribution >= 0.6 is 0 Å². The molecule has 1 aromatic carbocycles. The zero-order chi connectivity index (χ0) is 12.4. The highest BCUT2D eigenvalue weighted by molar-refractivity contribution is 5.23. The van der Waals surface area contributed by atoms with Crippen LogP contribution in [0.15, 0.2) is 24.3 Å². The molecule has 0 saturated heterocycles. The van der Waals surface area contributed by atoms with Gasteiger partial charge < -0.3 is 5.32 Å². The summed E-state index contributed by atoms with van der Waals surface area (Å²) >= 11 is 0. The Morgan fingerprint density at radius 2 is 1.76 bits per heavy atom. The molecule has 1 saturated carbocycles. The van der Waals surface area contributed by atoms with Gasteiger partial charge in [0.2, 0.25) is 0 Å². The first kappa shape index (κ1) is 12.6. The highest BCUT2D eigenvalue weighted by Gasteiger charge is 2.30. The number of rotatable bonds is 3. The topological polar surface area (TPSA) is 12.0 Å². The van der Waals surface area contributed by atoms with Crippen LogP contribution in [0.3, 0.4) is 0 Å². The molecular weight excluding hydrogens is 206 g/mol. The number of hydrogen-bond acceptors (Lipinski definition) is 1. The van der Waals surface area contributed by atoms with E-state index in [1.54, 1.807) is 0 Å². The lowest BCUT2D eigenvalue weighted by molar-refractivity contribution is 0.347. The molecule has 1 nitrogen and oxygen atoms in total. The second-order valence-electron chi connectivity index (χ2n) is 5.82. The molecule has 0 aromatic heterocycles. The van der Waals surface area contributed by atoms with Crippen molar-refractivity contribution in [2.24, 2.45) is 11.8 Å². The zero-order valence-corrected chi connectivity index (χ0v) is 11.5. The van der Waals surface area contributed by atoms with E-state index in [0.29, 0.717) is 12.1 Å². The van der Waals surface area contributed by atoms with Crippen LogP contribution in [0.5, 0.6) is 0 Å². The van der Waals surface area contributed by atoms with Gasteiger partial charge in [-0.1, -0.05) is 43.7 Å². The van der Waals surface area contributed by atoms with Crippen LogP contribution in [-0.4, -0.2) is 6.04 Å². The molecule has 1 fully saturated rings. The van der Waals surface area contributed by atoms with Crippen molar-refractivity contribution in [3.8, 4) is 0 Å². The van der Waals surface area contributed by atoms with Gasteiger partial charge in [0.15, 0.2) is 0 Å². The molecule has 0 radical (unpaired) electrons. The molecule has 1 N–H and O–H groups in total. The fraction of sp³-hybridized carbons (Fsp3) is 0.625. The lowest BCUT2D eigenvalue weighted by Gasteiger charge is -2.24. The van der Waals surface area contributed by atoms with Gasteiger partial charge in [-0.25, -0.2) is 0 Å². The SMILES string of the molecule is Cc1ccc(C(C)NC2CCC(C)C2C)cc1. The van der Waals surface area contributed by atoms with Crippen LogP contribution in [0, 0.1) is 18.8 Å². The number of hydrogen-bond donors (Lipinski definition) is 1. The Bertz CT molecular complexity index is 354. The Labute approximate surface area is 106 Å². The average Bonchev–Trinajstić information content (AvgIpc) is 2.62. The van der Waals surface area contributed by atoms with E-state index in [-0.39, 0.29) is 0 Å². The monoisotopic (exact) mass is 231 g/mol. The fourth-order valence-corrected chi connectivity index (χ4v) is 2.87. The minimum absolute atomic E-state index is 0.466. The third-order valence-electron chi connectivity index (χ3n) is 4.51. The molecule has 0 bridgehead atoms. The molecular formula is C16H25N. The van der Waals surface area contributed by atoms with Crippen LogP contribution in [0.1, 0.15) is 50.8 Å². The third kappa shape index (κ3) is 2.90. The van der Waals surface area contributed by atoms with Crippen LogP contribution in [0.2, 0.25) is 0 Å². The van der Waals surface area contributed by atoms with E-state index < -0.39 is 0 Å². The van der Waals surface area contributed by atoms with E-state index in [4.69, 9.17) is 0 Å². The smallest absolute Gasteiger partial charge is 0.0294 e. The van der Waals surface area contributed by atoms with E-state index in [2.05, 4.69) is 57.3 Å². The quantitative estimate of drug-likeness (QED) is 0.826. The van der Waals surface area contributed by atoms with Gasteiger partial charge in [0, 0.05) is 12.1 Å². The maximum atomic E-state index is 3.79. The van der Waals surface area contributed by atoms with Gasteiger partial charge in [-0.2, -0.15) is 0 Å². The van der Waals surface area contributed by atoms with Crippen LogP contribution in [0.25, 0.3) is 0 Å². The highest BCUT2D eigenvalue weighted by atomic mass is 15.0. The van der Waals surface area contributed by atoms with Gasteiger partial charge in [-0.3, -0.25) is 0 Å². The number of aryl methyl sites for hydroxylation is 1. The first-order valence-electron chi connectivity index (χ1n) is 6.90. The Balaban J connectivity index is 1.97. The van der Waals surface area contributed by atoms with Gasteiger partial charge in [0.05, 0.1) is 0 Å². The van der Waals surface area contributed by atoms with E-state index in [1.807, 2.05) is 0 Å². The van der Waals surface area contributed by atoms with Gasteiger partial charge in [0.25, 0.3) is 0 Å². The minimum atomic E-state index is 0.466. The lowest BCUT2D eigenvalue weighted by Crippen LogP contribution is -2.34. The highest BCUT2D eigenvalue weighted by Crippen LogP contribution is 2.32. The Hall–Kier alpha value is -0.820. The second kappa shape index (κ2) is 5.22. The summed E-state index contributed by atoms with van der Waals surface area (Å²) in [5, 5.41) is 3.79. The minimum Gasteiger partial charge on any atom is -0.307 e. The van der Waals surface area contributed by atoms with Gasteiger partial charge in [-0.05, 0) is 44.1 Å². The summed E-state index contributed by atoms with van der Waals surface area (Å²) in [6.07, 6.45) is 2.71. The molecule has 2 rings (SSSR count). The summed E-state index contributed by atoms with van der Waals surface area (Å²) in [6.45, 7) is 9.18. The number of benzene rings is 1. The summed E-state index contributed by atoms with van der Waals surface area (Å²) < 4.78 is 0. The summed E-state index contributed by atoms with van der Waals surface area (Å²) in [5.41, 5.74) is 2.74. The van der Waals surface area contributed by atoms with Crippen LogP contribution < -0.4 is 5.32 Å². The standard InChI is InChI=1S/C16H25N/c1-11-5-8-15(9-6-11)14(4)17-16-10-7-12(2)13(16)3/h5-6,8-9,12-14,16-17H,7,10H2,1-4H3. The zero-order valence-electron chi connectivity index (χ0n) is 11.5. The normalized spacial score (nSPS) is 30.5. The average molecular weight is 231 g/mol. The van der Waals surface area contributed by atoms with E-state index in [1.165, 1.54) is 24.0 Å². The molecule has 0 heterocycles. The summed E-state index contributed by atoms with van der Waals surface area (Å²) in [5.74, 6) is 1.68. The van der Waals surface area contributed by atoms with Crippen LogP contribution in [0.4, 0.5) is 0 Å². The van der Waals surface area contributed by atoms with Crippen molar-refractivity contribution in [1.82, 2.24) is 5.32 Å². The summed E-state index contributed by atoms with van der Waals surface area (Å²) in [4.78, 5) is 0. The molecule has 0 spiro atoms. The van der Waals surface area contributed by atoms with Gasteiger partial charge >= 0.3 is 0 Å². The summed E-state index contributed by atoms with van der Waals surface area (Å²) in [7, 11) is 0. The van der Waals surface area contributed by atoms with Crippen molar-refractivity contribution in [3.05, 3.63) is 35.4 Å². The molecule has 17 heavy (non-hydrogen) atoms. The van der Waals surface area contributed by atoms with Crippen molar-refractivity contribution in [2.45, 2.75) is 52.6 Å². The molecule has 1 heteroatoms. The predicted molar refractivity (Wildman–Crippen MR) is 74.1 cm³/mol. The van der Waals surface area contributed by atoms with Crippen molar-refractivity contribution in [1.29, 1.82) is 0 Å². The van der Waals surface area contributed by atoms with Crippen molar-refractivity contribution < 1.29 is 0 Å². The Kier molecular flexibility index (Phi) is 3.88. The molecule has 1 aliphatic rings. The first-order valence-corrected chi connectivity index (χ1v) is 6.90. The largest absolute Gasteiger partial charge is 0.307 e. The number of nitrogens with one attached hydrogen (secondary N) is 1. The molecule has 1 aliphatic carbocycles. The fourth-order valence-electron chi connectivity index (χ4n) is 2.87. The van der Waals surface area contributed by atoms with E-state index >= 15 is 0 Å². The summed E-state index contributed by atoms with van der Waals surface area (Å²) in [6, 6.07) is 10.1. The second-order valence-corrected chi connectivity index (χ2v) is 5.82. The van der Waals surface area contributed by atoms with Crippen LogP contribution in [-0.2, 0) is 0 Å². The Morgan fingerprint density at radius 3 is 2.29 bits per heavy atom. The van der Waals surface area contributed by atoms with Crippen molar-refractivity contribution in [3.63, 3.8) is 0 Å². The molecule has 0 amide bonds. The van der Waals surface area contributed by atoms with E-state index in [9.17, 15) is 0 Å². The van der Waals surface area contributed by atoms with Crippen molar-refractivity contribution in [2.75, 3.05) is 0 Å². The molecule has 0 aliphatic heterocycles.